The minimum absolute atomic E-state index is 0.132. The van der Waals surface area contributed by atoms with Gasteiger partial charge in [0.2, 0.25) is 0 Å². The number of fused-ring (bicyclic) bond motifs is 5. The number of aliphatic hydroxyl groups excluding tert-OH is 3. The van der Waals surface area contributed by atoms with Crippen molar-refractivity contribution >= 4 is 6.29 Å². The molecule has 0 heterocycles. The molecular formula is C24H40O4. The van der Waals surface area contributed by atoms with Gasteiger partial charge in [0.15, 0.2) is 0 Å². The van der Waals surface area contributed by atoms with Gasteiger partial charge in [-0.1, -0.05) is 20.8 Å². The topological polar surface area (TPSA) is 77.8 Å². The van der Waals surface area contributed by atoms with E-state index in [9.17, 15) is 20.1 Å². The van der Waals surface area contributed by atoms with Crippen LogP contribution < -0.4 is 0 Å². The number of hydrogen-bond acceptors (Lipinski definition) is 4. The summed E-state index contributed by atoms with van der Waals surface area (Å²) in [5, 5.41) is 32.9. The van der Waals surface area contributed by atoms with Gasteiger partial charge in [0.1, 0.15) is 6.29 Å². The molecule has 0 spiro atoms. The van der Waals surface area contributed by atoms with E-state index in [1.54, 1.807) is 0 Å². The molecule has 0 saturated heterocycles. The molecule has 4 aliphatic carbocycles. The fraction of sp³-hybridized carbons (Fsp3) is 0.958. The summed E-state index contributed by atoms with van der Waals surface area (Å²) in [6.07, 6.45) is 8.11. The van der Waals surface area contributed by atoms with Crippen molar-refractivity contribution in [2.24, 2.45) is 46.3 Å². The summed E-state index contributed by atoms with van der Waals surface area (Å²) in [5.74, 6) is 2.22. The van der Waals surface area contributed by atoms with Gasteiger partial charge in [0, 0.05) is 6.42 Å². The first-order valence-electron chi connectivity index (χ1n) is 11.7. The number of aliphatic hydroxyl groups is 3. The van der Waals surface area contributed by atoms with E-state index >= 15 is 0 Å². The van der Waals surface area contributed by atoms with Crippen LogP contribution >= 0.6 is 0 Å². The summed E-state index contributed by atoms with van der Waals surface area (Å²) in [5.41, 5.74) is -0.0194. The Morgan fingerprint density at radius 1 is 1.04 bits per heavy atom. The summed E-state index contributed by atoms with van der Waals surface area (Å²) in [4.78, 5) is 10.9. The second kappa shape index (κ2) is 7.35. The third-order valence-corrected chi connectivity index (χ3v) is 10.3. The molecule has 0 radical (unpaired) electrons. The van der Waals surface area contributed by atoms with E-state index in [0.29, 0.717) is 36.0 Å². The lowest BCUT2D eigenvalue weighted by Gasteiger charge is -2.63. The highest BCUT2D eigenvalue weighted by atomic mass is 16.3. The maximum atomic E-state index is 11.5. The molecule has 4 aliphatic rings. The Hall–Kier alpha value is -0.450. The molecule has 4 saturated carbocycles. The van der Waals surface area contributed by atoms with E-state index in [1.807, 2.05) is 0 Å². The van der Waals surface area contributed by atoms with E-state index in [4.69, 9.17) is 0 Å². The Kier molecular flexibility index (Phi) is 5.46. The van der Waals surface area contributed by atoms with Gasteiger partial charge in [-0.05, 0) is 97.7 Å². The van der Waals surface area contributed by atoms with Gasteiger partial charge >= 0.3 is 0 Å². The SMILES string of the molecule is C[C@H](CCC=O)[C@H]1CC[C@H]2[C@@H]3[C@H](O)C[C@@H]4C[C@H](O)CC[C@]4(C)[C@H]3C[C@H](O)[C@@]12C. The van der Waals surface area contributed by atoms with Crippen LogP contribution in [0.3, 0.4) is 0 Å². The van der Waals surface area contributed by atoms with Crippen LogP contribution in [0.5, 0.6) is 0 Å². The van der Waals surface area contributed by atoms with Crippen molar-refractivity contribution in [2.75, 3.05) is 0 Å². The molecule has 0 bridgehead atoms. The Bertz CT molecular complexity index is 593. The van der Waals surface area contributed by atoms with Crippen LogP contribution in [0, 0.1) is 46.3 Å². The van der Waals surface area contributed by atoms with E-state index in [0.717, 1.165) is 57.7 Å². The molecule has 11 atom stereocenters. The van der Waals surface area contributed by atoms with Gasteiger partial charge in [-0.25, -0.2) is 0 Å². The third kappa shape index (κ3) is 2.93. The van der Waals surface area contributed by atoms with E-state index in [-0.39, 0.29) is 35.1 Å². The van der Waals surface area contributed by atoms with Gasteiger partial charge in [0.05, 0.1) is 18.3 Å². The standard InChI is InChI=1S/C24H40O4/c1-14(5-4-10-25)17-6-7-18-22-19(13-21(28)24(17,18)3)23(2)9-8-16(26)11-15(23)12-20(22)27/h10,14-22,26-28H,4-9,11-13H2,1-3H3/t14-,15+,16-,17-,18+,19+,20-,21+,22+,23+,24+/m1/s1. The molecule has 0 amide bonds. The van der Waals surface area contributed by atoms with E-state index in [2.05, 4.69) is 20.8 Å². The largest absolute Gasteiger partial charge is 0.393 e. The average Bonchev–Trinajstić information content (AvgIpc) is 3.01. The molecule has 4 rings (SSSR count). The smallest absolute Gasteiger partial charge is 0.120 e. The summed E-state index contributed by atoms with van der Waals surface area (Å²) in [7, 11) is 0. The average molecular weight is 393 g/mol. The number of carbonyl (C=O) groups excluding carboxylic acids is 1. The summed E-state index contributed by atoms with van der Waals surface area (Å²) >= 11 is 0. The predicted molar refractivity (Wildman–Crippen MR) is 108 cm³/mol. The van der Waals surface area contributed by atoms with Crippen molar-refractivity contribution in [3.63, 3.8) is 0 Å². The molecule has 0 aromatic heterocycles. The van der Waals surface area contributed by atoms with Crippen molar-refractivity contribution < 1.29 is 20.1 Å². The van der Waals surface area contributed by atoms with Gasteiger partial charge < -0.3 is 20.1 Å². The van der Waals surface area contributed by atoms with Crippen LogP contribution in [-0.4, -0.2) is 39.9 Å². The van der Waals surface area contributed by atoms with Gasteiger partial charge in [-0.15, -0.1) is 0 Å². The van der Waals surface area contributed by atoms with E-state index in [1.165, 1.54) is 0 Å². The molecule has 0 aliphatic heterocycles. The lowest BCUT2D eigenvalue weighted by molar-refractivity contribution is -0.207. The highest BCUT2D eigenvalue weighted by Gasteiger charge is 2.65. The minimum Gasteiger partial charge on any atom is -0.393 e. The Labute approximate surface area is 170 Å². The van der Waals surface area contributed by atoms with Crippen LogP contribution in [0.4, 0.5) is 0 Å². The van der Waals surface area contributed by atoms with Crippen LogP contribution in [-0.2, 0) is 4.79 Å². The number of carbonyl (C=O) groups is 1. The van der Waals surface area contributed by atoms with Crippen LogP contribution in [0.25, 0.3) is 0 Å². The van der Waals surface area contributed by atoms with Gasteiger partial charge in [0.25, 0.3) is 0 Å². The first-order chi connectivity index (χ1) is 13.2. The Balaban J connectivity index is 1.63. The molecule has 3 N–H and O–H groups in total. The second-order valence-electron chi connectivity index (χ2n) is 11.2. The molecule has 28 heavy (non-hydrogen) atoms. The molecule has 160 valence electrons. The zero-order chi connectivity index (χ0) is 20.3. The first kappa shape index (κ1) is 20.8. The zero-order valence-corrected chi connectivity index (χ0v) is 17.9. The molecule has 4 fully saturated rings. The highest BCUT2D eigenvalue weighted by molar-refractivity contribution is 5.49. The molecule has 0 aromatic carbocycles. The first-order valence-corrected chi connectivity index (χ1v) is 11.7. The molecule has 4 nitrogen and oxygen atoms in total. The van der Waals surface area contributed by atoms with E-state index < -0.39 is 0 Å². The lowest BCUT2D eigenvalue weighted by atomic mass is 9.43. The normalized spacial score (nSPS) is 54.4. The van der Waals surface area contributed by atoms with Gasteiger partial charge in [-0.2, -0.15) is 0 Å². The monoisotopic (exact) mass is 392 g/mol. The maximum absolute atomic E-state index is 11.5. The summed E-state index contributed by atoms with van der Waals surface area (Å²) in [6.45, 7) is 6.90. The molecule has 4 heteroatoms. The maximum Gasteiger partial charge on any atom is 0.120 e. The Morgan fingerprint density at radius 3 is 2.50 bits per heavy atom. The molecular weight excluding hydrogens is 352 g/mol. The lowest BCUT2D eigenvalue weighted by Crippen LogP contribution is -2.62. The Morgan fingerprint density at radius 2 is 1.79 bits per heavy atom. The molecule has 0 unspecified atom stereocenters. The van der Waals surface area contributed by atoms with Crippen LogP contribution in [0.2, 0.25) is 0 Å². The fourth-order valence-electron chi connectivity index (χ4n) is 8.66. The van der Waals surface area contributed by atoms with Crippen molar-refractivity contribution in [2.45, 2.75) is 96.9 Å². The van der Waals surface area contributed by atoms with Crippen molar-refractivity contribution in [1.82, 2.24) is 0 Å². The second-order valence-corrected chi connectivity index (χ2v) is 11.2. The van der Waals surface area contributed by atoms with Crippen molar-refractivity contribution in [1.29, 1.82) is 0 Å². The number of aldehydes is 1. The van der Waals surface area contributed by atoms with Crippen LogP contribution in [0.1, 0.15) is 78.6 Å². The minimum atomic E-state index is -0.334. The zero-order valence-electron chi connectivity index (χ0n) is 17.9. The fourth-order valence-corrected chi connectivity index (χ4v) is 8.66. The molecule has 0 aromatic rings. The highest BCUT2D eigenvalue weighted by Crippen LogP contribution is 2.68. The summed E-state index contributed by atoms with van der Waals surface area (Å²) < 4.78 is 0. The van der Waals surface area contributed by atoms with Gasteiger partial charge in [-0.3, -0.25) is 0 Å². The number of rotatable bonds is 4. The van der Waals surface area contributed by atoms with Crippen molar-refractivity contribution in [3.05, 3.63) is 0 Å². The van der Waals surface area contributed by atoms with Crippen molar-refractivity contribution in [3.8, 4) is 0 Å². The van der Waals surface area contributed by atoms with Crippen LogP contribution in [0.15, 0.2) is 0 Å². The summed E-state index contributed by atoms with van der Waals surface area (Å²) in [6, 6.07) is 0. The third-order valence-electron chi connectivity index (χ3n) is 10.3. The number of hydrogen-bond donors (Lipinski definition) is 3. The quantitative estimate of drug-likeness (QED) is 0.639. The predicted octanol–water partition coefficient (Wildman–Crippen LogP) is 3.56.